The molecule has 1 amide bonds. The molecule has 0 saturated carbocycles. The van der Waals surface area contributed by atoms with E-state index in [1.165, 1.54) is 4.88 Å². The van der Waals surface area contributed by atoms with Gasteiger partial charge in [0.2, 0.25) is 5.91 Å². The molecule has 0 saturated heterocycles. The van der Waals surface area contributed by atoms with Gasteiger partial charge < -0.3 is 15.8 Å². The zero-order valence-corrected chi connectivity index (χ0v) is 10.4. The highest BCUT2D eigenvalue weighted by Gasteiger charge is 2.03. The van der Waals surface area contributed by atoms with Crippen molar-refractivity contribution in [2.45, 2.75) is 20.4 Å². The molecule has 6 heteroatoms. The van der Waals surface area contributed by atoms with Crippen molar-refractivity contribution in [2.75, 3.05) is 19.8 Å². The van der Waals surface area contributed by atoms with Crippen LogP contribution in [0.5, 0.6) is 0 Å². The lowest BCUT2D eigenvalue weighted by Crippen LogP contribution is -2.23. The molecule has 1 rings (SSSR count). The van der Waals surface area contributed by atoms with E-state index in [1.54, 1.807) is 11.3 Å². The fourth-order valence-electron chi connectivity index (χ4n) is 1.26. The molecular weight excluding hydrogens is 226 g/mol. The van der Waals surface area contributed by atoms with E-state index >= 15 is 0 Å². The van der Waals surface area contributed by atoms with Crippen LogP contribution in [0.1, 0.15) is 15.6 Å². The van der Waals surface area contributed by atoms with Gasteiger partial charge in [-0.2, -0.15) is 0 Å². The summed E-state index contributed by atoms with van der Waals surface area (Å²) in [5.41, 5.74) is 6.01. The molecule has 0 aliphatic carbocycles. The molecule has 0 bridgehead atoms. The Kier molecular flexibility index (Phi) is 5.37. The molecule has 0 atom stereocenters. The van der Waals surface area contributed by atoms with E-state index < -0.39 is 5.91 Å². The summed E-state index contributed by atoms with van der Waals surface area (Å²) in [6, 6.07) is 0. The zero-order chi connectivity index (χ0) is 12.0. The van der Waals surface area contributed by atoms with Crippen molar-refractivity contribution in [1.82, 2.24) is 10.3 Å². The molecule has 0 aliphatic heterocycles. The first-order chi connectivity index (χ1) is 7.59. The third-order valence-corrected chi connectivity index (χ3v) is 3.03. The van der Waals surface area contributed by atoms with Crippen LogP contribution in [0.15, 0.2) is 0 Å². The number of nitrogens with zero attached hydrogens (tertiary/aromatic N) is 1. The molecule has 5 nitrogen and oxygen atoms in total. The van der Waals surface area contributed by atoms with Crippen molar-refractivity contribution >= 4 is 17.2 Å². The third-order valence-electron chi connectivity index (χ3n) is 1.95. The second-order valence-corrected chi connectivity index (χ2v) is 4.72. The van der Waals surface area contributed by atoms with Crippen molar-refractivity contribution < 1.29 is 9.53 Å². The predicted molar refractivity (Wildman–Crippen MR) is 63.3 cm³/mol. The lowest BCUT2D eigenvalue weighted by molar-refractivity contribution is -0.122. The van der Waals surface area contributed by atoms with Crippen LogP contribution in [0.25, 0.3) is 0 Å². The van der Waals surface area contributed by atoms with Crippen LogP contribution in [0.3, 0.4) is 0 Å². The number of primary amides is 1. The van der Waals surface area contributed by atoms with Gasteiger partial charge in [0, 0.05) is 18.0 Å². The number of ether oxygens (including phenoxy) is 1. The van der Waals surface area contributed by atoms with Gasteiger partial charge in [-0.1, -0.05) is 0 Å². The van der Waals surface area contributed by atoms with Gasteiger partial charge in [-0.15, -0.1) is 11.3 Å². The minimum Gasteiger partial charge on any atom is -0.370 e. The van der Waals surface area contributed by atoms with E-state index in [-0.39, 0.29) is 6.61 Å². The topological polar surface area (TPSA) is 77.2 Å². The Morgan fingerprint density at radius 1 is 1.56 bits per heavy atom. The van der Waals surface area contributed by atoms with E-state index in [0.717, 1.165) is 17.2 Å². The Balaban J connectivity index is 2.11. The Morgan fingerprint density at radius 3 is 2.88 bits per heavy atom. The second-order valence-electron chi connectivity index (χ2n) is 3.44. The summed E-state index contributed by atoms with van der Waals surface area (Å²) in [5.74, 6) is -0.436. The van der Waals surface area contributed by atoms with Crippen LogP contribution in [-0.4, -0.2) is 30.6 Å². The monoisotopic (exact) mass is 243 g/mol. The van der Waals surface area contributed by atoms with Crippen LogP contribution in [0.2, 0.25) is 0 Å². The summed E-state index contributed by atoms with van der Waals surface area (Å²) in [6.07, 6.45) is 0. The van der Waals surface area contributed by atoms with E-state index in [1.807, 2.05) is 13.8 Å². The molecule has 0 fully saturated rings. The number of aryl methyl sites for hydroxylation is 2. The molecular formula is C10H17N3O2S. The lowest BCUT2D eigenvalue weighted by atomic mass is 10.4. The number of carbonyl (C=O) groups excluding carboxylic acids is 1. The lowest BCUT2D eigenvalue weighted by Gasteiger charge is -2.03. The van der Waals surface area contributed by atoms with Crippen molar-refractivity contribution in [2.24, 2.45) is 5.73 Å². The number of rotatable bonds is 7. The molecule has 90 valence electrons. The Hall–Kier alpha value is -0.980. The highest BCUT2D eigenvalue weighted by atomic mass is 32.1. The molecule has 3 N–H and O–H groups in total. The number of hydrogen-bond donors (Lipinski definition) is 2. The van der Waals surface area contributed by atoms with Gasteiger partial charge in [0.1, 0.15) is 6.61 Å². The van der Waals surface area contributed by atoms with Gasteiger partial charge in [0.05, 0.1) is 17.3 Å². The minimum absolute atomic E-state index is 0.0135. The maximum absolute atomic E-state index is 10.4. The molecule has 16 heavy (non-hydrogen) atoms. The molecule has 1 aromatic heterocycles. The molecule has 0 aromatic carbocycles. The normalized spacial score (nSPS) is 10.6. The van der Waals surface area contributed by atoms with Gasteiger partial charge in [-0.25, -0.2) is 4.98 Å². The summed E-state index contributed by atoms with van der Waals surface area (Å²) in [5, 5.41) is 4.31. The summed E-state index contributed by atoms with van der Waals surface area (Å²) >= 11 is 1.69. The van der Waals surface area contributed by atoms with Gasteiger partial charge in [0.25, 0.3) is 0 Å². The van der Waals surface area contributed by atoms with Gasteiger partial charge in [-0.3, -0.25) is 4.79 Å². The number of thiazole rings is 1. The summed E-state index contributed by atoms with van der Waals surface area (Å²) in [7, 11) is 0. The molecule has 0 unspecified atom stereocenters. The van der Waals surface area contributed by atoms with Crippen molar-refractivity contribution in [3.8, 4) is 0 Å². The number of hydrogen-bond acceptors (Lipinski definition) is 5. The molecule has 1 heterocycles. The summed E-state index contributed by atoms with van der Waals surface area (Å²) in [6.45, 7) is 5.96. The quantitative estimate of drug-likeness (QED) is 0.677. The smallest absolute Gasteiger partial charge is 0.243 e. The summed E-state index contributed by atoms with van der Waals surface area (Å²) < 4.78 is 5.02. The Labute approximate surface area is 99.0 Å². The third kappa shape index (κ3) is 4.69. The number of aromatic nitrogens is 1. The first-order valence-electron chi connectivity index (χ1n) is 5.09. The van der Waals surface area contributed by atoms with E-state index in [2.05, 4.69) is 10.3 Å². The molecule has 0 spiro atoms. The zero-order valence-electron chi connectivity index (χ0n) is 9.58. The molecule has 0 radical (unpaired) electrons. The first kappa shape index (κ1) is 13.1. The fourth-order valence-corrected chi connectivity index (χ4v) is 2.16. The van der Waals surface area contributed by atoms with Gasteiger partial charge in [0.15, 0.2) is 0 Å². The number of nitrogens with two attached hydrogens (primary N) is 1. The highest BCUT2D eigenvalue weighted by Crippen LogP contribution is 2.16. The fraction of sp³-hybridized carbons (Fsp3) is 0.600. The van der Waals surface area contributed by atoms with E-state index in [0.29, 0.717) is 13.2 Å². The predicted octanol–water partition coefficient (Wildman–Crippen LogP) is 0.351. The largest absolute Gasteiger partial charge is 0.370 e. The van der Waals surface area contributed by atoms with Gasteiger partial charge in [-0.05, 0) is 13.8 Å². The highest BCUT2D eigenvalue weighted by molar-refractivity contribution is 7.11. The van der Waals surface area contributed by atoms with Crippen LogP contribution < -0.4 is 11.1 Å². The Morgan fingerprint density at radius 2 is 2.31 bits per heavy atom. The number of nitrogens with one attached hydrogen (secondary N) is 1. The average molecular weight is 243 g/mol. The molecule has 1 aromatic rings. The van der Waals surface area contributed by atoms with Crippen molar-refractivity contribution in [3.63, 3.8) is 0 Å². The standard InChI is InChI=1S/C10H17N3O2S/c1-7-9(16-8(2)13-7)5-12-3-4-15-6-10(11)14/h12H,3-6H2,1-2H3,(H2,11,14). The average Bonchev–Trinajstić information content (AvgIpc) is 2.50. The maximum Gasteiger partial charge on any atom is 0.243 e. The second kappa shape index (κ2) is 6.57. The van der Waals surface area contributed by atoms with Crippen LogP contribution in [0, 0.1) is 13.8 Å². The maximum atomic E-state index is 10.4. The van der Waals surface area contributed by atoms with Crippen LogP contribution in [-0.2, 0) is 16.1 Å². The first-order valence-corrected chi connectivity index (χ1v) is 5.91. The summed E-state index contributed by atoms with van der Waals surface area (Å²) in [4.78, 5) is 15.9. The molecule has 0 aliphatic rings. The SMILES string of the molecule is Cc1nc(C)c(CNCCOCC(N)=O)s1. The van der Waals surface area contributed by atoms with Crippen LogP contribution in [0.4, 0.5) is 0 Å². The van der Waals surface area contributed by atoms with E-state index in [9.17, 15) is 4.79 Å². The van der Waals surface area contributed by atoms with Crippen molar-refractivity contribution in [1.29, 1.82) is 0 Å². The number of amides is 1. The van der Waals surface area contributed by atoms with Gasteiger partial charge >= 0.3 is 0 Å². The van der Waals surface area contributed by atoms with E-state index in [4.69, 9.17) is 10.5 Å². The minimum atomic E-state index is -0.436. The Bertz CT molecular complexity index is 352. The van der Waals surface area contributed by atoms with Crippen molar-refractivity contribution in [3.05, 3.63) is 15.6 Å². The number of carbonyl (C=O) groups is 1. The van der Waals surface area contributed by atoms with Crippen LogP contribution >= 0.6 is 11.3 Å².